The van der Waals surface area contributed by atoms with Gasteiger partial charge in [0.25, 0.3) is 10.0 Å². The van der Waals surface area contributed by atoms with Crippen LogP contribution in [-0.2, 0) is 16.6 Å². The first-order valence-electron chi connectivity index (χ1n) is 5.36. The highest BCUT2D eigenvalue weighted by molar-refractivity contribution is 7.92. The Morgan fingerprint density at radius 3 is 2.68 bits per heavy atom. The van der Waals surface area contributed by atoms with E-state index in [-0.39, 0.29) is 16.3 Å². The summed E-state index contributed by atoms with van der Waals surface area (Å²) in [5, 5.41) is 8.93. The van der Waals surface area contributed by atoms with E-state index in [0.717, 1.165) is 18.2 Å². The summed E-state index contributed by atoms with van der Waals surface area (Å²) in [6, 6.07) is 7.99. The van der Waals surface area contributed by atoms with Crippen LogP contribution in [0.1, 0.15) is 5.56 Å². The van der Waals surface area contributed by atoms with Crippen LogP contribution in [-0.4, -0.2) is 18.5 Å². The van der Waals surface area contributed by atoms with Crippen molar-refractivity contribution in [1.82, 2.24) is 4.98 Å². The van der Waals surface area contributed by atoms with Crippen molar-refractivity contribution in [2.75, 3.05) is 4.72 Å². The number of anilines is 1. The Balaban J connectivity index is 2.35. The van der Waals surface area contributed by atoms with Crippen LogP contribution in [0.3, 0.4) is 0 Å². The Bertz CT molecular complexity index is 675. The van der Waals surface area contributed by atoms with E-state index in [4.69, 9.17) is 5.11 Å². The van der Waals surface area contributed by atoms with Crippen molar-refractivity contribution in [3.05, 3.63) is 54.0 Å². The van der Waals surface area contributed by atoms with Crippen molar-refractivity contribution in [3.63, 3.8) is 0 Å². The Kier molecular flexibility index (Phi) is 3.77. The first kappa shape index (κ1) is 13.4. The highest BCUT2D eigenvalue weighted by atomic mass is 32.2. The number of hydrogen-bond donors (Lipinski definition) is 2. The summed E-state index contributed by atoms with van der Waals surface area (Å²) in [5.74, 6) is -0.489. The van der Waals surface area contributed by atoms with Gasteiger partial charge in [0.1, 0.15) is 11.6 Å². The number of nitrogens with zero attached hydrogens (tertiary/aromatic N) is 1. The lowest BCUT2D eigenvalue weighted by atomic mass is 10.2. The van der Waals surface area contributed by atoms with E-state index in [0.29, 0.717) is 0 Å². The molecule has 1 aromatic heterocycles. The zero-order valence-corrected chi connectivity index (χ0v) is 10.6. The number of aliphatic hydroxyl groups is 1. The van der Waals surface area contributed by atoms with Gasteiger partial charge in [-0.15, -0.1) is 0 Å². The van der Waals surface area contributed by atoms with Gasteiger partial charge in [-0.1, -0.05) is 6.07 Å². The second-order valence-electron chi connectivity index (χ2n) is 3.73. The van der Waals surface area contributed by atoms with E-state index in [1.807, 2.05) is 0 Å². The molecule has 0 fully saturated rings. The summed E-state index contributed by atoms with van der Waals surface area (Å²) in [6.07, 6.45) is 1.45. The zero-order valence-electron chi connectivity index (χ0n) is 9.75. The topological polar surface area (TPSA) is 79.3 Å². The average molecular weight is 282 g/mol. The van der Waals surface area contributed by atoms with Crippen molar-refractivity contribution >= 4 is 15.8 Å². The van der Waals surface area contributed by atoms with Gasteiger partial charge in [-0.25, -0.2) is 17.8 Å². The molecule has 0 aliphatic heterocycles. The molecule has 0 radical (unpaired) electrons. The Hall–Kier alpha value is -1.99. The minimum Gasteiger partial charge on any atom is -0.392 e. The zero-order chi connectivity index (χ0) is 13.9. The normalized spacial score (nSPS) is 11.3. The highest BCUT2D eigenvalue weighted by Crippen LogP contribution is 2.17. The summed E-state index contributed by atoms with van der Waals surface area (Å²) in [6.45, 7) is -0.571. The molecule has 0 unspecified atom stereocenters. The number of sulfonamides is 1. The minimum absolute atomic E-state index is 0.0797. The van der Waals surface area contributed by atoms with Gasteiger partial charge < -0.3 is 5.11 Å². The number of rotatable bonds is 4. The van der Waals surface area contributed by atoms with Gasteiger partial charge in [0.05, 0.1) is 11.5 Å². The fraction of sp³-hybridized carbons (Fsp3) is 0.0833. The quantitative estimate of drug-likeness (QED) is 0.891. The van der Waals surface area contributed by atoms with Crippen LogP contribution >= 0.6 is 0 Å². The van der Waals surface area contributed by atoms with Crippen molar-refractivity contribution in [2.24, 2.45) is 0 Å². The van der Waals surface area contributed by atoms with E-state index in [1.165, 1.54) is 12.3 Å². The predicted molar refractivity (Wildman–Crippen MR) is 67.4 cm³/mol. The molecule has 0 amide bonds. The summed E-state index contributed by atoms with van der Waals surface area (Å²) >= 11 is 0. The molecule has 0 aliphatic rings. The summed E-state index contributed by atoms with van der Waals surface area (Å²) in [5.41, 5.74) is -0.0797. The molecule has 19 heavy (non-hydrogen) atoms. The molecule has 0 atom stereocenters. The molecule has 0 saturated heterocycles. The van der Waals surface area contributed by atoms with Gasteiger partial charge in [0, 0.05) is 11.8 Å². The molecule has 2 rings (SSSR count). The van der Waals surface area contributed by atoms with Crippen molar-refractivity contribution in [2.45, 2.75) is 11.5 Å². The van der Waals surface area contributed by atoms with Crippen LogP contribution in [0.5, 0.6) is 0 Å². The Labute approximate surface area is 109 Å². The van der Waals surface area contributed by atoms with Gasteiger partial charge in [-0.05, 0) is 30.3 Å². The lowest BCUT2D eigenvalue weighted by Crippen LogP contribution is -2.14. The Morgan fingerprint density at radius 1 is 1.26 bits per heavy atom. The minimum atomic E-state index is -3.85. The van der Waals surface area contributed by atoms with Crippen molar-refractivity contribution in [1.29, 1.82) is 0 Å². The number of hydrogen-bond acceptors (Lipinski definition) is 4. The molecule has 100 valence electrons. The standard InChI is InChI=1S/C12H11FN2O3S/c13-11-5-4-10(7-9(11)8-16)19(17,18)15-12-3-1-2-6-14-12/h1-7,16H,8H2,(H,14,15). The maximum Gasteiger partial charge on any atom is 0.263 e. The first-order chi connectivity index (χ1) is 9.03. The molecular formula is C12H11FN2O3S. The van der Waals surface area contributed by atoms with E-state index >= 15 is 0 Å². The predicted octanol–water partition coefficient (Wildman–Crippen LogP) is 1.51. The van der Waals surface area contributed by atoms with Crippen molar-refractivity contribution in [3.8, 4) is 0 Å². The van der Waals surface area contributed by atoms with Crippen LogP contribution in [0.15, 0.2) is 47.5 Å². The van der Waals surface area contributed by atoms with Crippen LogP contribution in [0, 0.1) is 5.82 Å². The van der Waals surface area contributed by atoms with Crippen LogP contribution in [0.4, 0.5) is 10.2 Å². The van der Waals surface area contributed by atoms with Gasteiger partial charge in [0.15, 0.2) is 0 Å². The summed E-state index contributed by atoms with van der Waals surface area (Å²) < 4.78 is 39.5. The van der Waals surface area contributed by atoms with Gasteiger partial charge in [0.2, 0.25) is 0 Å². The van der Waals surface area contributed by atoms with Gasteiger partial charge in [-0.3, -0.25) is 4.72 Å². The second kappa shape index (κ2) is 5.33. The molecule has 0 saturated carbocycles. The SMILES string of the molecule is O=S(=O)(Nc1ccccn1)c1ccc(F)c(CO)c1. The second-order valence-corrected chi connectivity index (χ2v) is 5.41. The first-order valence-corrected chi connectivity index (χ1v) is 6.84. The number of benzene rings is 1. The van der Waals surface area contributed by atoms with Crippen LogP contribution in [0.25, 0.3) is 0 Å². The van der Waals surface area contributed by atoms with Gasteiger partial charge >= 0.3 is 0 Å². The lowest BCUT2D eigenvalue weighted by Gasteiger charge is -2.08. The van der Waals surface area contributed by atoms with Crippen LogP contribution < -0.4 is 4.72 Å². The van der Waals surface area contributed by atoms with Gasteiger partial charge in [-0.2, -0.15) is 0 Å². The third-order valence-corrected chi connectivity index (χ3v) is 3.75. The van der Waals surface area contributed by atoms with E-state index in [9.17, 15) is 12.8 Å². The molecule has 1 aromatic carbocycles. The fourth-order valence-corrected chi connectivity index (χ4v) is 2.52. The molecule has 0 bridgehead atoms. The molecule has 7 heteroatoms. The molecule has 2 N–H and O–H groups in total. The highest BCUT2D eigenvalue weighted by Gasteiger charge is 2.16. The third-order valence-electron chi connectivity index (χ3n) is 2.40. The van der Waals surface area contributed by atoms with E-state index in [1.54, 1.807) is 12.1 Å². The van der Waals surface area contributed by atoms with E-state index < -0.39 is 22.4 Å². The smallest absolute Gasteiger partial charge is 0.263 e. The summed E-state index contributed by atoms with van der Waals surface area (Å²) in [4.78, 5) is 3.70. The lowest BCUT2D eigenvalue weighted by molar-refractivity contribution is 0.275. The molecule has 0 aliphatic carbocycles. The molecular weight excluding hydrogens is 271 g/mol. The molecule has 0 spiro atoms. The average Bonchev–Trinajstić information content (AvgIpc) is 2.39. The monoisotopic (exact) mass is 282 g/mol. The third kappa shape index (κ3) is 3.07. The maximum atomic E-state index is 13.2. The van der Waals surface area contributed by atoms with Crippen LogP contribution in [0.2, 0.25) is 0 Å². The van der Waals surface area contributed by atoms with Crippen molar-refractivity contribution < 1.29 is 17.9 Å². The number of aromatic nitrogens is 1. The largest absolute Gasteiger partial charge is 0.392 e. The fourth-order valence-electron chi connectivity index (χ4n) is 1.46. The Morgan fingerprint density at radius 2 is 2.05 bits per heavy atom. The molecule has 2 aromatic rings. The molecule has 5 nitrogen and oxygen atoms in total. The summed E-state index contributed by atoms with van der Waals surface area (Å²) in [7, 11) is -3.85. The number of halogens is 1. The number of nitrogens with one attached hydrogen (secondary N) is 1. The maximum absolute atomic E-state index is 13.2. The van der Waals surface area contributed by atoms with E-state index in [2.05, 4.69) is 9.71 Å². The number of aliphatic hydroxyl groups excluding tert-OH is 1. The number of pyridine rings is 1. The molecule has 1 heterocycles.